The van der Waals surface area contributed by atoms with Gasteiger partial charge in [-0.15, -0.1) is 0 Å². The van der Waals surface area contributed by atoms with E-state index in [-0.39, 0.29) is 17.5 Å². The molecule has 0 radical (unpaired) electrons. The molecule has 1 fully saturated rings. The van der Waals surface area contributed by atoms with Crippen LogP contribution >= 0.6 is 11.5 Å². The summed E-state index contributed by atoms with van der Waals surface area (Å²) in [6, 6.07) is -0.124. The number of hydrogen-bond acceptors (Lipinski definition) is 4. The van der Waals surface area contributed by atoms with Crippen LogP contribution in [-0.2, 0) is 21.5 Å². The van der Waals surface area contributed by atoms with Crippen molar-refractivity contribution in [1.82, 2.24) is 9.27 Å². The maximum Gasteiger partial charge on any atom is 0.407 e. The fourth-order valence-electron chi connectivity index (χ4n) is 3.89. The number of ether oxygens (including phenoxy) is 1. The van der Waals surface area contributed by atoms with Crippen molar-refractivity contribution in [2.24, 2.45) is 15.8 Å². The van der Waals surface area contributed by atoms with Crippen molar-refractivity contribution in [3.63, 3.8) is 0 Å². The second-order valence-corrected chi connectivity index (χ2v) is 10.8. The van der Waals surface area contributed by atoms with Gasteiger partial charge in [0.15, 0.2) is 0 Å². The monoisotopic (exact) mass is 423 g/mol. The molecule has 0 aliphatic heterocycles. The lowest BCUT2D eigenvalue weighted by atomic mass is 9.67. The van der Waals surface area contributed by atoms with Crippen LogP contribution in [0.2, 0.25) is 0 Å². The molecule has 2 amide bonds. The van der Waals surface area contributed by atoms with Gasteiger partial charge in [0.25, 0.3) is 5.91 Å². The first kappa shape index (κ1) is 23.6. The van der Waals surface area contributed by atoms with Crippen molar-refractivity contribution < 1.29 is 14.3 Å². The van der Waals surface area contributed by atoms with E-state index in [0.717, 1.165) is 35.9 Å². The van der Waals surface area contributed by atoms with E-state index in [2.05, 4.69) is 48.2 Å². The van der Waals surface area contributed by atoms with Gasteiger partial charge in [0.05, 0.1) is 12.5 Å². The lowest BCUT2D eigenvalue weighted by Gasteiger charge is -2.39. The lowest BCUT2D eigenvalue weighted by molar-refractivity contribution is -0.132. The number of aryl methyl sites for hydroxylation is 1. The first-order valence-corrected chi connectivity index (χ1v) is 11.3. The maximum atomic E-state index is 13.4. The topological polar surface area (TPSA) is 72.7 Å². The Morgan fingerprint density at radius 1 is 1.34 bits per heavy atom. The first-order chi connectivity index (χ1) is 13.4. The number of methoxy groups -OCH3 is 1. The smallest absolute Gasteiger partial charge is 0.407 e. The molecule has 0 bridgehead atoms. The molecule has 0 aromatic carbocycles. The summed E-state index contributed by atoms with van der Waals surface area (Å²) in [5, 5.41) is 2.90. The number of rotatable bonds is 5. The largest absolute Gasteiger partial charge is 0.453 e. The highest BCUT2D eigenvalue weighted by Crippen LogP contribution is 2.53. The van der Waals surface area contributed by atoms with Crippen LogP contribution in [0, 0.1) is 10.8 Å². The zero-order valence-corrected chi connectivity index (χ0v) is 20.0. The Hall–Kier alpha value is -1.63. The molecule has 1 heterocycles. The van der Waals surface area contributed by atoms with Crippen LogP contribution in [0.1, 0.15) is 79.7 Å². The molecule has 164 valence electrons. The molecule has 1 N–H and O–H groups in total. The van der Waals surface area contributed by atoms with Gasteiger partial charge >= 0.3 is 6.09 Å². The summed E-state index contributed by atoms with van der Waals surface area (Å²) in [5.74, 6) is -0.0997. The highest BCUT2D eigenvalue weighted by molar-refractivity contribution is 7.04. The molecule has 0 unspecified atom stereocenters. The van der Waals surface area contributed by atoms with Crippen LogP contribution in [0.3, 0.4) is 0 Å². The second kappa shape index (κ2) is 8.62. The highest BCUT2D eigenvalue weighted by Gasteiger charge is 2.56. The van der Waals surface area contributed by atoms with E-state index in [4.69, 9.17) is 4.74 Å². The number of amides is 2. The third-order valence-electron chi connectivity index (χ3n) is 6.57. The van der Waals surface area contributed by atoms with Crippen LogP contribution in [0.15, 0.2) is 11.2 Å². The molecular formula is C22H37N3O3S. The zero-order chi connectivity index (χ0) is 22.0. The molecule has 7 heteroatoms. The fraction of sp³-hybridized carbons (Fsp3) is 0.773. The van der Waals surface area contributed by atoms with E-state index < -0.39 is 16.9 Å². The summed E-state index contributed by atoms with van der Waals surface area (Å²) in [4.78, 5) is 29.8. The van der Waals surface area contributed by atoms with Gasteiger partial charge in [0.2, 0.25) is 0 Å². The minimum atomic E-state index is -0.642. The van der Waals surface area contributed by atoms with Gasteiger partial charge < -0.3 is 10.1 Å². The van der Waals surface area contributed by atoms with Gasteiger partial charge in [0, 0.05) is 23.3 Å². The molecule has 2 rings (SSSR count). The Morgan fingerprint density at radius 3 is 2.55 bits per heavy atom. The van der Waals surface area contributed by atoms with Crippen molar-refractivity contribution >= 4 is 23.5 Å². The summed E-state index contributed by atoms with van der Waals surface area (Å²) >= 11 is 1.56. The van der Waals surface area contributed by atoms with Crippen LogP contribution < -0.4 is 9.99 Å². The third kappa shape index (κ3) is 4.76. The zero-order valence-electron chi connectivity index (χ0n) is 19.2. The second-order valence-electron chi connectivity index (χ2n) is 9.85. The molecule has 29 heavy (non-hydrogen) atoms. The van der Waals surface area contributed by atoms with E-state index in [1.54, 1.807) is 11.5 Å². The summed E-state index contributed by atoms with van der Waals surface area (Å²) in [6.07, 6.45) is 6.21. The molecule has 1 saturated carbocycles. The number of carbonyl (C=O) groups excluding carboxylic acids is 2. The van der Waals surface area contributed by atoms with E-state index in [9.17, 15) is 9.59 Å². The number of unbranched alkanes of at least 4 members (excludes halogenated alkanes) is 1. The number of nitrogens with zero attached hydrogens (tertiary/aromatic N) is 2. The van der Waals surface area contributed by atoms with E-state index in [1.807, 2.05) is 20.8 Å². The minimum Gasteiger partial charge on any atom is -0.453 e. The van der Waals surface area contributed by atoms with Gasteiger partial charge in [-0.3, -0.25) is 8.75 Å². The molecule has 2 atom stereocenters. The van der Waals surface area contributed by atoms with Crippen LogP contribution in [0.5, 0.6) is 0 Å². The first-order valence-electron chi connectivity index (χ1n) is 10.5. The average Bonchev–Trinajstić information content (AvgIpc) is 3.14. The van der Waals surface area contributed by atoms with Gasteiger partial charge in [-0.25, -0.2) is 9.79 Å². The number of hydrogen-bond donors (Lipinski definition) is 1. The predicted octanol–water partition coefficient (Wildman–Crippen LogP) is 4.63. The fourth-order valence-corrected chi connectivity index (χ4v) is 4.92. The SMILES string of the molecule is CCCCc1cn(C(C)(C)C)sc1=NC(=O)[C@]1(C)CC[C@H](NC(=O)OC)C1(C)C. The Bertz CT molecular complexity index is 816. The predicted molar refractivity (Wildman–Crippen MR) is 117 cm³/mol. The summed E-state index contributed by atoms with van der Waals surface area (Å²) in [5.41, 5.74) is 0.0257. The minimum absolute atomic E-state index is 0.0471. The van der Waals surface area contributed by atoms with Gasteiger partial charge in [-0.2, -0.15) is 0 Å². The molecule has 1 aromatic rings. The molecule has 1 aliphatic rings. The average molecular weight is 424 g/mol. The van der Waals surface area contributed by atoms with Crippen LogP contribution in [0.25, 0.3) is 0 Å². The van der Waals surface area contributed by atoms with Crippen molar-refractivity contribution in [1.29, 1.82) is 0 Å². The molecular weight excluding hydrogens is 386 g/mol. The Balaban J connectivity index is 2.40. The van der Waals surface area contributed by atoms with E-state index in [1.165, 1.54) is 7.11 Å². The van der Waals surface area contributed by atoms with Crippen molar-refractivity contribution in [3.8, 4) is 0 Å². The number of aromatic nitrogens is 1. The Labute approximate surface area is 178 Å². The van der Waals surface area contributed by atoms with Crippen LogP contribution in [-0.4, -0.2) is 29.1 Å². The van der Waals surface area contributed by atoms with Gasteiger partial charge in [-0.05, 0) is 63.4 Å². The molecule has 1 aromatic heterocycles. The maximum absolute atomic E-state index is 13.4. The van der Waals surface area contributed by atoms with Crippen molar-refractivity contribution in [3.05, 3.63) is 16.4 Å². The molecule has 1 aliphatic carbocycles. The third-order valence-corrected chi connectivity index (χ3v) is 7.95. The van der Waals surface area contributed by atoms with E-state index >= 15 is 0 Å². The lowest BCUT2D eigenvalue weighted by Crippen LogP contribution is -2.49. The quantitative estimate of drug-likeness (QED) is 0.751. The number of alkyl carbamates (subject to hydrolysis) is 1. The Kier molecular flexibility index (Phi) is 7.03. The molecule has 0 saturated heterocycles. The Morgan fingerprint density at radius 2 is 2.00 bits per heavy atom. The van der Waals surface area contributed by atoms with Crippen molar-refractivity contribution in [2.45, 2.75) is 92.2 Å². The van der Waals surface area contributed by atoms with Gasteiger partial charge in [-0.1, -0.05) is 34.1 Å². The van der Waals surface area contributed by atoms with Gasteiger partial charge in [0.1, 0.15) is 4.67 Å². The van der Waals surface area contributed by atoms with E-state index in [0.29, 0.717) is 6.42 Å². The summed E-state index contributed by atoms with van der Waals surface area (Å²) in [6.45, 7) is 14.7. The van der Waals surface area contributed by atoms with Crippen LogP contribution in [0.4, 0.5) is 4.79 Å². The standard InChI is InChI=1S/C22H37N3O3S/c1-9-10-11-15-14-25(20(2,3)4)29-17(15)24-18(26)22(7)13-12-16(21(22,5)6)23-19(27)28-8/h14,16H,9-13H2,1-8H3,(H,23,27)/t16-,22-/m0/s1. The molecule has 6 nitrogen and oxygen atoms in total. The summed E-state index contributed by atoms with van der Waals surface area (Å²) < 4.78 is 7.77. The highest BCUT2D eigenvalue weighted by atomic mass is 32.1. The molecule has 0 spiro atoms. The van der Waals surface area contributed by atoms with Crippen molar-refractivity contribution in [2.75, 3.05) is 7.11 Å². The normalized spacial score (nSPS) is 24.6. The summed E-state index contributed by atoms with van der Waals surface area (Å²) in [7, 11) is 1.36. The number of carbonyl (C=O) groups is 2. The number of nitrogens with one attached hydrogen (secondary N) is 1.